The summed E-state index contributed by atoms with van der Waals surface area (Å²) in [5.74, 6) is -2.58. The van der Waals surface area contributed by atoms with Crippen LogP contribution in [0.25, 0.3) is 0 Å². The van der Waals surface area contributed by atoms with Gasteiger partial charge in [-0.3, -0.25) is 4.79 Å². The van der Waals surface area contributed by atoms with Crippen molar-refractivity contribution in [3.05, 3.63) is 28.0 Å². The standard InChI is InChI=1S/C8H2BrClF4O2/c9-3-1-2-4(16-8(12,13)14)6(11)5(3)7(10)15/h1-2H. The highest BCUT2D eigenvalue weighted by Crippen LogP contribution is 2.32. The molecule has 0 saturated carbocycles. The number of hydrogen-bond donors (Lipinski definition) is 0. The van der Waals surface area contributed by atoms with Gasteiger partial charge in [0.1, 0.15) is 0 Å². The first-order chi connectivity index (χ1) is 7.22. The molecular weight excluding hydrogens is 319 g/mol. The zero-order valence-electron chi connectivity index (χ0n) is 7.24. The van der Waals surface area contributed by atoms with Gasteiger partial charge in [0.25, 0.3) is 5.24 Å². The average Bonchev–Trinajstić information content (AvgIpc) is 2.07. The minimum Gasteiger partial charge on any atom is -0.403 e. The van der Waals surface area contributed by atoms with E-state index in [-0.39, 0.29) is 4.47 Å². The average molecular weight is 321 g/mol. The summed E-state index contributed by atoms with van der Waals surface area (Å²) < 4.78 is 52.2. The van der Waals surface area contributed by atoms with Crippen molar-refractivity contribution < 1.29 is 27.1 Å². The van der Waals surface area contributed by atoms with Crippen molar-refractivity contribution in [2.24, 2.45) is 0 Å². The summed E-state index contributed by atoms with van der Waals surface area (Å²) in [4.78, 5) is 10.8. The molecule has 0 aliphatic rings. The van der Waals surface area contributed by atoms with E-state index in [0.717, 1.165) is 12.1 Å². The molecule has 1 rings (SSSR count). The Morgan fingerprint density at radius 3 is 2.38 bits per heavy atom. The molecule has 88 valence electrons. The number of benzene rings is 1. The monoisotopic (exact) mass is 320 g/mol. The number of carbonyl (C=O) groups is 1. The smallest absolute Gasteiger partial charge is 0.403 e. The molecule has 0 aliphatic carbocycles. The van der Waals surface area contributed by atoms with E-state index in [1.165, 1.54) is 0 Å². The fourth-order valence-electron chi connectivity index (χ4n) is 0.917. The molecular formula is C8H2BrClF4O2. The van der Waals surface area contributed by atoms with Gasteiger partial charge in [-0.2, -0.15) is 0 Å². The molecule has 0 heterocycles. The summed E-state index contributed by atoms with van der Waals surface area (Å²) in [5, 5.41) is -1.23. The Bertz CT molecular complexity index is 433. The Morgan fingerprint density at radius 1 is 1.38 bits per heavy atom. The molecule has 0 fully saturated rings. The highest BCUT2D eigenvalue weighted by atomic mass is 79.9. The van der Waals surface area contributed by atoms with E-state index in [4.69, 9.17) is 11.6 Å². The zero-order valence-corrected chi connectivity index (χ0v) is 9.58. The van der Waals surface area contributed by atoms with Crippen LogP contribution in [-0.2, 0) is 0 Å². The second-order valence-corrected chi connectivity index (χ2v) is 3.75. The third-order valence-electron chi connectivity index (χ3n) is 1.48. The predicted molar refractivity (Wildman–Crippen MR) is 51.0 cm³/mol. The van der Waals surface area contributed by atoms with Crippen LogP contribution in [0.5, 0.6) is 5.75 Å². The van der Waals surface area contributed by atoms with Gasteiger partial charge in [0, 0.05) is 4.47 Å². The number of hydrogen-bond acceptors (Lipinski definition) is 2. The maximum absolute atomic E-state index is 13.4. The third-order valence-corrected chi connectivity index (χ3v) is 2.33. The Kier molecular flexibility index (Phi) is 3.80. The first-order valence-electron chi connectivity index (χ1n) is 3.66. The van der Waals surface area contributed by atoms with E-state index in [1.807, 2.05) is 0 Å². The molecule has 0 saturated heterocycles. The topological polar surface area (TPSA) is 26.3 Å². The predicted octanol–water partition coefficient (Wildman–Crippen LogP) is 3.87. The lowest BCUT2D eigenvalue weighted by Crippen LogP contribution is -2.18. The van der Waals surface area contributed by atoms with Gasteiger partial charge in [-0.15, -0.1) is 13.2 Å². The molecule has 1 aromatic carbocycles. The molecule has 0 radical (unpaired) electrons. The Balaban J connectivity index is 3.24. The van der Waals surface area contributed by atoms with Crippen molar-refractivity contribution in [2.75, 3.05) is 0 Å². The molecule has 0 atom stereocenters. The van der Waals surface area contributed by atoms with Crippen molar-refractivity contribution in [2.45, 2.75) is 6.36 Å². The van der Waals surface area contributed by atoms with Gasteiger partial charge in [0.15, 0.2) is 11.6 Å². The summed E-state index contributed by atoms with van der Waals surface area (Å²) in [7, 11) is 0. The van der Waals surface area contributed by atoms with Crippen LogP contribution in [-0.4, -0.2) is 11.6 Å². The van der Waals surface area contributed by atoms with Crippen molar-refractivity contribution in [3.63, 3.8) is 0 Å². The lowest BCUT2D eigenvalue weighted by atomic mass is 10.2. The summed E-state index contributed by atoms with van der Waals surface area (Å²) >= 11 is 7.79. The van der Waals surface area contributed by atoms with Crippen LogP contribution < -0.4 is 4.74 Å². The lowest BCUT2D eigenvalue weighted by Gasteiger charge is -2.11. The molecule has 0 N–H and O–H groups in total. The van der Waals surface area contributed by atoms with Crippen molar-refractivity contribution >= 4 is 32.8 Å². The van der Waals surface area contributed by atoms with Gasteiger partial charge in [0.2, 0.25) is 0 Å². The van der Waals surface area contributed by atoms with E-state index >= 15 is 0 Å². The van der Waals surface area contributed by atoms with Gasteiger partial charge >= 0.3 is 6.36 Å². The summed E-state index contributed by atoms with van der Waals surface area (Å²) in [6.45, 7) is 0. The molecule has 2 nitrogen and oxygen atoms in total. The van der Waals surface area contributed by atoms with Crippen molar-refractivity contribution in [1.29, 1.82) is 0 Å². The normalized spacial score (nSPS) is 11.4. The van der Waals surface area contributed by atoms with Gasteiger partial charge < -0.3 is 4.74 Å². The van der Waals surface area contributed by atoms with E-state index in [1.54, 1.807) is 0 Å². The van der Waals surface area contributed by atoms with Gasteiger partial charge in [-0.25, -0.2) is 4.39 Å². The number of rotatable bonds is 2. The number of ether oxygens (including phenoxy) is 1. The largest absolute Gasteiger partial charge is 0.573 e. The molecule has 0 bridgehead atoms. The fourth-order valence-corrected chi connectivity index (χ4v) is 1.70. The van der Waals surface area contributed by atoms with Gasteiger partial charge in [0.05, 0.1) is 5.56 Å². The Morgan fingerprint density at radius 2 is 1.94 bits per heavy atom. The molecule has 8 heteroatoms. The quantitative estimate of drug-likeness (QED) is 0.610. The summed E-state index contributed by atoms with van der Waals surface area (Å²) in [6.07, 6.45) is -5.04. The van der Waals surface area contributed by atoms with Crippen LogP contribution in [0.4, 0.5) is 17.6 Å². The SMILES string of the molecule is O=C(Cl)c1c(Br)ccc(OC(F)(F)F)c1F. The maximum atomic E-state index is 13.4. The first-order valence-corrected chi connectivity index (χ1v) is 4.83. The molecule has 0 amide bonds. The molecule has 16 heavy (non-hydrogen) atoms. The maximum Gasteiger partial charge on any atom is 0.573 e. The number of alkyl halides is 3. The molecule has 0 unspecified atom stereocenters. The zero-order chi connectivity index (χ0) is 12.5. The molecule has 0 spiro atoms. The van der Waals surface area contributed by atoms with Crippen molar-refractivity contribution in [1.82, 2.24) is 0 Å². The van der Waals surface area contributed by atoms with E-state index in [9.17, 15) is 22.4 Å². The highest BCUT2D eigenvalue weighted by molar-refractivity contribution is 9.10. The van der Waals surface area contributed by atoms with E-state index in [0.29, 0.717) is 0 Å². The molecule has 1 aromatic rings. The fraction of sp³-hybridized carbons (Fsp3) is 0.125. The lowest BCUT2D eigenvalue weighted by molar-refractivity contribution is -0.275. The second-order valence-electron chi connectivity index (χ2n) is 2.56. The molecule has 0 aliphatic heterocycles. The van der Waals surface area contributed by atoms with Crippen LogP contribution in [0.2, 0.25) is 0 Å². The summed E-state index contributed by atoms with van der Waals surface area (Å²) in [6, 6.07) is 1.76. The molecule has 0 aromatic heterocycles. The van der Waals surface area contributed by atoms with E-state index in [2.05, 4.69) is 20.7 Å². The minimum absolute atomic E-state index is 0.0560. The van der Waals surface area contributed by atoms with Crippen LogP contribution in [0.3, 0.4) is 0 Å². The van der Waals surface area contributed by atoms with Crippen molar-refractivity contribution in [3.8, 4) is 5.75 Å². The van der Waals surface area contributed by atoms with Crippen LogP contribution in [0.1, 0.15) is 10.4 Å². The van der Waals surface area contributed by atoms with Gasteiger partial charge in [-0.1, -0.05) is 0 Å². The Hall–Kier alpha value is -0.820. The first kappa shape index (κ1) is 13.2. The van der Waals surface area contributed by atoms with E-state index < -0.39 is 28.7 Å². The summed E-state index contributed by atoms with van der Waals surface area (Å²) in [5.41, 5.74) is -0.705. The van der Waals surface area contributed by atoms with Gasteiger partial charge in [-0.05, 0) is 39.7 Å². The highest BCUT2D eigenvalue weighted by Gasteiger charge is 2.33. The second kappa shape index (κ2) is 4.58. The third kappa shape index (κ3) is 3.08. The number of halogens is 6. The Labute approximate surface area is 100 Å². The van der Waals surface area contributed by atoms with Crippen LogP contribution in [0, 0.1) is 5.82 Å². The number of carbonyl (C=O) groups excluding carboxylic acids is 1. The van der Waals surface area contributed by atoms with Crippen LogP contribution >= 0.6 is 27.5 Å². The van der Waals surface area contributed by atoms with Crippen LogP contribution in [0.15, 0.2) is 16.6 Å². The minimum atomic E-state index is -5.04.